The van der Waals surface area contributed by atoms with Gasteiger partial charge in [0.2, 0.25) is 5.91 Å². The van der Waals surface area contributed by atoms with E-state index in [0.29, 0.717) is 6.54 Å². The van der Waals surface area contributed by atoms with Gasteiger partial charge in [0.05, 0.1) is 11.7 Å². The SMILES string of the molecule is CCS(=O)(=O)CCNC(=O)C1CNCc2ccccc21. The van der Waals surface area contributed by atoms with Crippen molar-refractivity contribution in [3.63, 3.8) is 0 Å². The second-order valence-corrected chi connectivity index (χ2v) is 7.38. The molecule has 0 bridgehead atoms. The summed E-state index contributed by atoms with van der Waals surface area (Å²) in [7, 11) is -3.04. The molecule has 1 aliphatic rings. The van der Waals surface area contributed by atoms with Crippen LogP contribution in [0.1, 0.15) is 24.0 Å². The van der Waals surface area contributed by atoms with Crippen LogP contribution in [-0.4, -0.2) is 38.9 Å². The Kier molecular flexibility index (Phi) is 4.77. The number of carbonyl (C=O) groups excluding carboxylic acids is 1. The molecule has 1 heterocycles. The van der Waals surface area contributed by atoms with E-state index in [2.05, 4.69) is 10.6 Å². The number of sulfone groups is 1. The van der Waals surface area contributed by atoms with Gasteiger partial charge in [0.1, 0.15) is 0 Å². The zero-order valence-corrected chi connectivity index (χ0v) is 12.4. The minimum atomic E-state index is -3.04. The van der Waals surface area contributed by atoms with Crippen molar-refractivity contribution < 1.29 is 13.2 Å². The van der Waals surface area contributed by atoms with Crippen LogP contribution in [0.25, 0.3) is 0 Å². The summed E-state index contributed by atoms with van der Waals surface area (Å²) in [6, 6.07) is 7.84. The number of carbonyl (C=O) groups is 1. The van der Waals surface area contributed by atoms with E-state index in [1.165, 1.54) is 0 Å². The smallest absolute Gasteiger partial charge is 0.228 e. The highest BCUT2D eigenvalue weighted by atomic mass is 32.2. The molecule has 20 heavy (non-hydrogen) atoms. The monoisotopic (exact) mass is 296 g/mol. The molecule has 1 aromatic rings. The fraction of sp³-hybridized carbons (Fsp3) is 0.500. The van der Waals surface area contributed by atoms with Gasteiger partial charge in [0.15, 0.2) is 9.84 Å². The molecule has 0 spiro atoms. The maximum atomic E-state index is 12.2. The molecule has 1 atom stereocenters. The summed E-state index contributed by atoms with van der Waals surface area (Å²) in [5.74, 6) is -0.256. The van der Waals surface area contributed by atoms with E-state index in [1.54, 1.807) is 6.92 Å². The highest BCUT2D eigenvalue weighted by Gasteiger charge is 2.25. The molecule has 0 fully saturated rings. The Morgan fingerprint density at radius 1 is 1.40 bits per heavy atom. The lowest BCUT2D eigenvalue weighted by molar-refractivity contribution is -0.122. The van der Waals surface area contributed by atoms with E-state index in [9.17, 15) is 13.2 Å². The van der Waals surface area contributed by atoms with E-state index >= 15 is 0 Å². The van der Waals surface area contributed by atoms with Gasteiger partial charge in [-0.15, -0.1) is 0 Å². The Bertz CT molecular complexity index is 584. The number of hydrogen-bond donors (Lipinski definition) is 2. The van der Waals surface area contributed by atoms with Crippen molar-refractivity contribution in [2.75, 3.05) is 24.6 Å². The van der Waals surface area contributed by atoms with Crippen LogP contribution in [0, 0.1) is 0 Å². The summed E-state index contributed by atoms with van der Waals surface area (Å²) in [6.45, 7) is 3.14. The van der Waals surface area contributed by atoms with Crippen molar-refractivity contribution in [1.82, 2.24) is 10.6 Å². The fourth-order valence-electron chi connectivity index (χ4n) is 2.33. The van der Waals surface area contributed by atoms with Crippen molar-refractivity contribution in [1.29, 1.82) is 0 Å². The van der Waals surface area contributed by atoms with Gasteiger partial charge in [0, 0.05) is 25.4 Å². The molecule has 0 aromatic heterocycles. The summed E-state index contributed by atoms with van der Waals surface area (Å²) in [5.41, 5.74) is 2.15. The van der Waals surface area contributed by atoms with Crippen LogP contribution < -0.4 is 10.6 Å². The predicted octanol–water partition coefficient (Wildman–Crippen LogP) is 0.424. The standard InChI is InChI=1S/C14H20N2O3S/c1-2-20(18,19)8-7-16-14(17)13-10-15-9-11-5-3-4-6-12(11)13/h3-6,13,15H,2,7-10H2,1H3,(H,16,17). The molecule has 2 rings (SSSR count). The molecular weight excluding hydrogens is 276 g/mol. The first-order valence-electron chi connectivity index (χ1n) is 6.80. The Hall–Kier alpha value is -1.40. The highest BCUT2D eigenvalue weighted by Crippen LogP contribution is 2.23. The van der Waals surface area contributed by atoms with E-state index < -0.39 is 9.84 Å². The average Bonchev–Trinajstić information content (AvgIpc) is 2.46. The van der Waals surface area contributed by atoms with Gasteiger partial charge in [-0.3, -0.25) is 4.79 Å². The van der Waals surface area contributed by atoms with Gasteiger partial charge in [-0.2, -0.15) is 0 Å². The maximum Gasteiger partial charge on any atom is 0.228 e. The minimum absolute atomic E-state index is 0.00294. The lowest BCUT2D eigenvalue weighted by atomic mass is 9.90. The van der Waals surface area contributed by atoms with Gasteiger partial charge in [-0.1, -0.05) is 31.2 Å². The van der Waals surface area contributed by atoms with Gasteiger partial charge in [0.25, 0.3) is 0 Å². The van der Waals surface area contributed by atoms with E-state index in [0.717, 1.165) is 17.7 Å². The largest absolute Gasteiger partial charge is 0.355 e. The van der Waals surface area contributed by atoms with Crippen LogP contribution in [0.2, 0.25) is 0 Å². The van der Waals surface area contributed by atoms with Crippen LogP contribution in [0.4, 0.5) is 0 Å². The first-order chi connectivity index (χ1) is 9.53. The van der Waals surface area contributed by atoms with Gasteiger partial charge < -0.3 is 10.6 Å². The number of benzene rings is 1. The molecule has 0 saturated carbocycles. The van der Waals surface area contributed by atoms with Gasteiger partial charge in [-0.05, 0) is 11.1 Å². The number of amides is 1. The number of fused-ring (bicyclic) bond motifs is 1. The molecule has 5 nitrogen and oxygen atoms in total. The Morgan fingerprint density at radius 3 is 2.90 bits per heavy atom. The third kappa shape index (κ3) is 3.58. The van der Waals surface area contributed by atoms with E-state index in [1.807, 2.05) is 24.3 Å². The summed E-state index contributed by atoms with van der Waals surface area (Å²) in [5, 5.41) is 5.94. The van der Waals surface area contributed by atoms with Crippen molar-refractivity contribution in [2.24, 2.45) is 0 Å². The molecule has 1 amide bonds. The summed E-state index contributed by atoms with van der Waals surface area (Å²) in [6.07, 6.45) is 0. The number of rotatable bonds is 5. The molecule has 6 heteroatoms. The third-order valence-corrected chi connectivity index (χ3v) is 5.27. The fourth-order valence-corrected chi connectivity index (χ4v) is 3.03. The molecule has 0 saturated heterocycles. The predicted molar refractivity (Wildman–Crippen MR) is 78.2 cm³/mol. The summed E-state index contributed by atoms with van der Waals surface area (Å²) >= 11 is 0. The normalized spacial score (nSPS) is 18.4. The van der Waals surface area contributed by atoms with E-state index in [-0.39, 0.29) is 29.9 Å². The molecule has 1 aliphatic heterocycles. The minimum Gasteiger partial charge on any atom is -0.355 e. The number of hydrogen-bond acceptors (Lipinski definition) is 4. The molecule has 0 radical (unpaired) electrons. The summed E-state index contributed by atoms with van der Waals surface area (Å²) in [4.78, 5) is 12.2. The highest BCUT2D eigenvalue weighted by molar-refractivity contribution is 7.91. The first-order valence-corrected chi connectivity index (χ1v) is 8.62. The van der Waals surface area contributed by atoms with E-state index in [4.69, 9.17) is 0 Å². The van der Waals surface area contributed by atoms with Crippen LogP contribution in [0.3, 0.4) is 0 Å². The zero-order chi connectivity index (χ0) is 14.6. The molecule has 0 aliphatic carbocycles. The number of nitrogens with one attached hydrogen (secondary N) is 2. The third-order valence-electron chi connectivity index (χ3n) is 3.56. The van der Waals surface area contributed by atoms with Crippen LogP contribution in [0.15, 0.2) is 24.3 Å². The molecule has 110 valence electrons. The Morgan fingerprint density at radius 2 is 2.15 bits per heavy atom. The molecular formula is C14H20N2O3S. The molecule has 1 aromatic carbocycles. The van der Waals surface area contributed by atoms with Crippen LogP contribution in [-0.2, 0) is 21.2 Å². The van der Waals surface area contributed by atoms with Crippen LogP contribution in [0.5, 0.6) is 0 Å². The first kappa shape index (κ1) is 15.0. The lowest BCUT2D eigenvalue weighted by Crippen LogP contribution is -2.40. The maximum absolute atomic E-state index is 12.2. The van der Waals surface area contributed by atoms with Crippen molar-refractivity contribution >= 4 is 15.7 Å². The van der Waals surface area contributed by atoms with Crippen molar-refractivity contribution in [2.45, 2.75) is 19.4 Å². The molecule has 1 unspecified atom stereocenters. The van der Waals surface area contributed by atoms with Crippen molar-refractivity contribution in [3.8, 4) is 0 Å². The lowest BCUT2D eigenvalue weighted by Gasteiger charge is -2.25. The topological polar surface area (TPSA) is 75.3 Å². The second-order valence-electron chi connectivity index (χ2n) is 4.91. The Balaban J connectivity index is 1.97. The van der Waals surface area contributed by atoms with Gasteiger partial charge in [-0.25, -0.2) is 8.42 Å². The quantitative estimate of drug-likeness (QED) is 0.826. The van der Waals surface area contributed by atoms with Gasteiger partial charge >= 0.3 is 0 Å². The second kappa shape index (κ2) is 6.37. The van der Waals surface area contributed by atoms with Crippen molar-refractivity contribution in [3.05, 3.63) is 35.4 Å². The summed E-state index contributed by atoms with van der Waals surface area (Å²) < 4.78 is 22.8. The molecule has 2 N–H and O–H groups in total. The zero-order valence-electron chi connectivity index (χ0n) is 11.6. The Labute approximate surface area is 119 Å². The van der Waals surface area contributed by atoms with Crippen LogP contribution >= 0.6 is 0 Å². The average molecular weight is 296 g/mol.